The average Bonchev–Trinajstić information content (AvgIpc) is 2.70. The number of nitrogens with one attached hydrogen (secondary N) is 1. The van der Waals surface area contributed by atoms with Crippen molar-refractivity contribution in [2.75, 3.05) is 30.4 Å². The van der Waals surface area contributed by atoms with E-state index in [0.717, 1.165) is 24.3 Å². The third kappa shape index (κ3) is 3.07. The predicted octanol–water partition coefficient (Wildman–Crippen LogP) is 1.86. The first-order valence-electron chi connectivity index (χ1n) is 6.84. The summed E-state index contributed by atoms with van der Waals surface area (Å²) in [5.41, 5.74) is 2.11. The Hall–Kier alpha value is -1.55. The zero-order valence-electron chi connectivity index (χ0n) is 12.2. The highest BCUT2D eigenvalue weighted by atomic mass is 16.2. The Morgan fingerprint density at radius 1 is 1.37 bits per heavy atom. The van der Waals surface area contributed by atoms with Gasteiger partial charge >= 0.3 is 0 Å². The maximum absolute atomic E-state index is 12.4. The summed E-state index contributed by atoms with van der Waals surface area (Å²) in [7, 11) is 4.02. The van der Waals surface area contributed by atoms with Gasteiger partial charge in [-0.2, -0.15) is 0 Å². The number of benzene rings is 1. The van der Waals surface area contributed by atoms with E-state index in [0.29, 0.717) is 6.04 Å². The number of nitrogens with zero attached hydrogens (tertiary/aromatic N) is 2. The lowest BCUT2D eigenvalue weighted by atomic mass is 10.2. The fourth-order valence-corrected chi connectivity index (χ4v) is 2.43. The first-order valence-corrected chi connectivity index (χ1v) is 6.84. The van der Waals surface area contributed by atoms with Crippen LogP contribution in [0.3, 0.4) is 0 Å². The van der Waals surface area contributed by atoms with Crippen molar-refractivity contribution in [3.05, 3.63) is 24.3 Å². The molecule has 0 spiro atoms. The third-order valence-corrected chi connectivity index (χ3v) is 3.40. The molecular formula is C15H23N3O. The molecule has 0 aromatic heterocycles. The maximum Gasteiger partial charge on any atom is 0.244 e. The summed E-state index contributed by atoms with van der Waals surface area (Å²) in [5, 5.41) is 3.33. The molecule has 1 aromatic rings. The molecule has 0 radical (unpaired) electrons. The van der Waals surface area contributed by atoms with Gasteiger partial charge in [0, 0.05) is 38.1 Å². The van der Waals surface area contributed by atoms with Gasteiger partial charge in [0.2, 0.25) is 5.91 Å². The molecule has 4 heteroatoms. The van der Waals surface area contributed by atoms with Gasteiger partial charge in [0.25, 0.3) is 0 Å². The van der Waals surface area contributed by atoms with Crippen LogP contribution in [0.25, 0.3) is 0 Å². The lowest BCUT2D eigenvalue weighted by Gasteiger charge is -2.20. The number of anilines is 2. The van der Waals surface area contributed by atoms with Crippen LogP contribution in [0.5, 0.6) is 0 Å². The van der Waals surface area contributed by atoms with Gasteiger partial charge in [-0.3, -0.25) is 4.79 Å². The molecule has 104 valence electrons. The fourth-order valence-electron chi connectivity index (χ4n) is 2.43. The summed E-state index contributed by atoms with van der Waals surface area (Å²) in [5.74, 6) is 0.185. The molecule has 0 bridgehead atoms. The van der Waals surface area contributed by atoms with Crippen LogP contribution >= 0.6 is 0 Å². The number of carbonyl (C=O) groups excluding carboxylic acids is 1. The minimum absolute atomic E-state index is 0.0389. The summed E-state index contributed by atoms with van der Waals surface area (Å²) in [4.78, 5) is 16.3. The van der Waals surface area contributed by atoms with E-state index in [1.165, 1.54) is 0 Å². The summed E-state index contributed by atoms with van der Waals surface area (Å²) in [6, 6.07) is 8.41. The highest BCUT2D eigenvalue weighted by Crippen LogP contribution is 2.25. The van der Waals surface area contributed by atoms with Gasteiger partial charge in [0.15, 0.2) is 0 Å². The molecule has 1 fully saturated rings. The van der Waals surface area contributed by atoms with Crippen LogP contribution in [0.15, 0.2) is 24.3 Å². The van der Waals surface area contributed by atoms with E-state index in [4.69, 9.17) is 0 Å². The van der Waals surface area contributed by atoms with Crippen molar-refractivity contribution in [1.29, 1.82) is 0 Å². The van der Waals surface area contributed by atoms with Crippen molar-refractivity contribution >= 4 is 17.3 Å². The van der Waals surface area contributed by atoms with Gasteiger partial charge in [0.05, 0.1) is 6.04 Å². The van der Waals surface area contributed by atoms with Crippen LogP contribution < -0.4 is 15.1 Å². The van der Waals surface area contributed by atoms with E-state index >= 15 is 0 Å². The molecule has 1 aliphatic rings. The summed E-state index contributed by atoms with van der Waals surface area (Å²) < 4.78 is 0. The van der Waals surface area contributed by atoms with Crippen LogP contribution in [0.4, 0.5) is 11.4 Å². The Balaban J connectivity index is 2.15. The van der Waals surface area contributed by atoms with E-state index in [9.17, 15) is 4.79 Å². The summed E-state index contributed by atoms with van der Waals surface area (Å²) >= 11 is 0. The Bertz CT molecular complexity index is 456. The van der Waals surface area contributed by atoms with Gasteiger partial charge in [0.1, 0.15) is 0 Å². The van der Waals surface area contributed by atoms with Crippen molar-refractivity contribution in [2.24, 2.45) is 0 Å². The fraction of sp³-hybridized carbons (Fsp3) is 0.533. The van der Waals surface area contributed by atoms with Crippen LogP contribution in [0, 0.1) is 0 Å². The summed E-state index contributed by atoms with van der Waals surface area (Å²) in [6.07, 6.45) is 0.878. The van der Waals surface area contributed by atoms with Crippen LogP contribution in [0.2, 0.25) is 0 Å². The van der Waals surface area contributed by atoms with Crippen molar-refractivity contribution in [3.63, 3.8) is 0 Å². The lowest BCUT2D eigenvalue weighted by molar-refractivity contribution is -0.118. The monoisotopic (exact) mass is 261 g/mol. The number of hydrogen-bond donors (Lipinski definition) is 1. The maximum atomic E-state index is 12.4. The molecule has 1 aliphatic heterocycles. The van der Waals surface area contributed by atoms with Crippen LogP contribution in [-0.2, 0) is 4.79 Å². The minimum Gasteiger partial charge on any atom is -0.378 e. The second-order valence-corrected chi connectivity index (χ2v) is 5.57. The van der Waals surface area contributed by atoms with E-state index in [1.54, 1.807) is 0 Å². The molecule has 1 heterocycles. The molecule has 1 unspecified atom stereocenters. The predicted molar refractivity (Wildman–Crippen MR) is 79.8 cm³/mol. The first-order chi connectivity index (χ1) is 8.99. The van der Waals surface area contributed by atoms with Gasteiger partial charge in [-0.15, -0.1) is 0 Å². The van der Waals surface area contributed by atoms with E-state index in [2.05, 4.69) is 25.2 Å². The second-order valence-electron chi connectivity index (χ2n) is 5.57. The van der Waals surface area contributed by atoms with E-state index in [-0.39, 0.29) is 11.9 Å². The molecule has 2 rings (SSSR count). The van der Waals surface area contributed by atoms with Gasteiger partial charge in [-0.1, -0.05) is 19.9 Å². The molecule has 4 nitrogen and oxygen atoms in total. The highest BCUT2D eigenvalue weighted by Gasteiger charge is 2.32. The van der Waals surface area contributed by atoms with E-state index < -0.39 is 0 Å². The molecule has 1 saturated heterocycles. The third-order valence-electron chi connectivity index (χ3n) is 3.40. The zero-order chi connectivity index (χ0) is 14.0. The summed E-state index contributed by atoms with van der Waals surface area (Å²) in [6.45, 7) is 4.94. The standard InChI is InChI=1S/C15H23N3O/c1-11(2)16-14-8-9-18(15(14)19)13-7-5-6-12(10-13)17(3)4/h5-7,10-11,14,16H,8-9H2,1-4H3. The SMILES string of the molecule is CC(C)NC1CCN(c2cccc(N(C)C)c2)C1=O. The smallest absolute Gasteiger partial charge is 0.244 e. The van der Waals surface area contributed by atoms with E-state index in [1.807, 2.05) is 42.1 Å². The number of carbonyl (C=O) groups is 1. The molecule has 0 aliphatic carbocycles. The lowest BCUT2D eigenvalue weighted by Crippen LogP contribution is -2.41. The number of rotatable bonds is 4. The molecule has 1 aromatic carbocycles. The quantitative estimate of drug-likeness (QED) is 0.898. The minimum atomic E-state index is -0.0389. The van der Waals surface area contributed by atoms with Crippen molar-refractivity contribution in [1.82, 2.24) is 5.32 Å². The molecular weight excluding hydrogens is 238 g/mol. The molecule has 1 atom stereocenters. The molecule has 19 heavy (non-hydrogen) atoms. The van der Waals surface area contributed by atoms with Crippen molar-refractivity contribution in [2.45, 2.75) is 32.4 Å². The highest BCUT2D eigenvalue weighted by molar-refractivity contribution is 5.99. The van der Waals surface area contributed by atoms with Gasteiger partial charge in [-0.25, -0.2) is 0 Å². The normalized spacial score (nSPS) is 19.3. The Morgan fingerprint density at radius 2 is 2.11 bits per heavy atom. The molecule has 0 saturated carbocycles. The molecule has 1 N–H and O–H groups in total. The zero-order valence-corrected chi connectivity index (χ0v) is 12.2. The van der Waals surface area contributed by atoms with Crippen LogP contribution in [0.1, 0.15) is 20.3 Å². The molecule has 1 amide bonds. The van der Waals surface area contributed by atoms with Gasteiger partial charge < -0.3 is 15.1 Å². The topological polar surface area (TPSA) is 35.6 Å². The van der Waals surface area contributed by atoms with Gasteiger partial charge in [-0.05, 0) is 24.6 Å². The van der Waals surface area contributed by atoms with Crippen molar-refractivity contribution < 1.29 is 4.79 Å². The number of hydrogen-bond acceptors (Lipinski definition) is 3. The Morgan fingerprint density at radius 3 is 2.74 bits per heavy atom. The second kappa shape index (κ2) is 5.61. The van der Waals surface area contributed by atoms with Crippen molar-refractivity contribution in [3.8, 4) is 0 Å². The number of amides is 1. The van der Waals surface area contributed by atoms with Crippen LogP contribution in [-0.4, -0.2) is 38.6 Å². The Kier molecular flexibility index (Phi) is 4.10. The largest absolute Gasteiger partial charge is 0.378 e. The average molecular weight is 261 g/mol. The first kappa shape index (κ1) is 13.9. The Labute approximate surface area is 115 Å².